The molecule has 0 spiro atoms. The average molecular weight is 443 g/mol. The molecule has 3 heterocycles. The molecule has 0 radical (unpaired) electrons. The van der Waals surface area contributed by atoms with Gasteiger partial charge in [-0.05, 0) is 36.4 Å². The maximum atomic E-state index is 13.0. The second-order valence-corrected chi connectivity index (χ2v) is 10.1. The van der Waals surface area contributed by atoms with Crippen molar-refractivity contribution in [3.05, 3.63) is 52.4 Å². The summed E-state index contributed by atoms with van der Waals surface area (Å²) >= 11 is 6.92. The van der Waals surface area contributed by atoms with Gasteiger partial charge in [0.15, 0.2) is 0 Å². The van der Waals surface area contributed by atoms with Gasteiger partial charge in [-0.3, -0.25) is 4.90 Å². The van der Waals surface area contributed by atoms with Gasteiger partial charge in [0.1, 0.15) is 10.0 Å². The number of thiophene rings is 1. The van der Waals surface area contributed by atoms with Crippen molar-refractivity contribution in [3.8, 4) is 11.5 Å². The van der Waals surface area contributed by atoms with Crippen molar-refractivity contribution in [2.75, 3.05) is 26.2 Å². The Morgan fingerprint density at radius 3 is 2.43 bits per heavy atom. The molecule has 3 aromatic rings. The maximum absolute atomic E-state index is 13.0. The Kier molecular flexibility index (Phi) is 5.48. The molecule has 1 aliphatic rings. The summed E-state index contributed by atoms with van der Waals surface area (Å²) in [6.07, 6.45) is 0. The molecule has 28 heavy (non-hydrogen) atoms. The van der Waals surface area contributed by atoms with Crippen molar-refractivity contribution in [3.63, 3.8) is 0 Å². The fourth-order valence-corrected chi connectivity index (χ4v) is 5.97. The Balaban J connectivity index is 1.37. The summed E-state index contributed by atoms with van der Waals surface area (Å²) in [6.45, 7) is 2.26. The predicted octanol–water partition coefficient (Wildman–Crippen LogP) is 3.10. The minimum Gasteiger partial charge on any atom is -0.419 e. The molecule has 0 saturated carbocycles. The van der Waals surface area contributed by atoms with Gasteiger partial charge in [-0.15, -0.1) is 21.5 Å². The first-order valence-corrected chi connectivity index (χ1v) is 11.1. The molecule has 7 nitrogen and oxygen atoms in total. The minimum atomic E-state index is -3.51. The van der Waals surface area contributed by atoms with Gasteiger partial charge in [-0.1, -0.05) is 11.6 Å². The van der Waals surface area contributed by atoms with E-state index in [1.54, 1.807) is 18.2 Å². The van der Waals surface area contributed by atoms with E-state index in [4.69, 9.17) is 16.0 Å². The Morgan fingerprint density at radius 1 is 1.07 bits per heavy atom. The molecular weight excluding hydrogens is 427 g/mol. The van der Waals surface area contributed by atoms with Crippen molar-refractivity contribution in [2.24, 2.45) is 0 Å². The highest BCUT2D eigenvalue weighted by Gasteiger charge is 2.30. The maximum Gasteiger partial charge on any atom is 0.252 e. The summed E-state index contributed by atoms with van der Waals surface area (Å²) < 4.78 is 46.1. The SMILES string of the molecule is O=S(=O)(c1ccc(Cl)s1)N1CCN(Cc2nnc(-c3ccc(F)cc3)o2)CC1. The fraction of sp³-hybridized carbons (Fsp3) is 0.294. The van der Waals surface area contributed by atoms with E-state index in [2.05, 4.69) is 15.1 Å². The van der Waals surface area contributed by atoms with Crippen LogP contribution in [0.4, 0.5) is 4.39 Å². The van der Waals surface area contributed by atoms with Crippen molar-refractivity contribution >= 4 is 33.0 Å². The second-order valence-electron chi connectivity index (χ2n) is 6.25. The lowest BCUT2D eigenvalue weighted by Crippen LogP contribution is -2.48. The van der Waals surface area contributed by atoms with Gasteiger partial charge in [0, 0.05) is 31.7 Å². The van der Waals surface area contributed by atoms with Crippen LogP contribution in [0.3, 0.4) is 0 Å². The highest BCUT2D eigenvalue weighted by molar-refractivity contribution is 7.91. The largest absolute Gasteiger partial charge is 0.419 e. The molecule has 0 unspecified atom stereocenters. The number of hydrogen-bond donors (Lipinski definition) is 0. The van der Waals surface area contributed by atoms with E-state index < -0.39 is 10.0 Å². The van der Waals surface area contributed by atoms with Crippen LogP contribution in [0.5, 0.6) is 0 Å². The molecule has 1 aliphatic heterocycles. The van der Waals surface area contributed by atoms with Crippen LogP contribution in [0.1, 0.15) is 5.89 Å². The lowest BCUT2D eigenvalue weighted by molar-refractivity contribution is 0.169. The number of hydrogen-bond acceptors (Lipinski definition) is 7. The van der Waals surface area contributed by atoms with E-state index in [-0.39, 0.29) is 10.0 Å². The van der Waals surface area contributed by atoms with E-state index >= 15 is 0 Å². The van der Waals surface area contributed by atoms with Crippen LogP contribution in [0.15, 0.2) is 45.0 Å². The van der Waals surface area contributed by atoms with E-state index in [1.807, 2.05) is 0 Å². The van der Waals surface area contributed by atoms with Gasteiger partial charge in [-0.25, -0.2) is 12.8 Å². The van der Waals surface area contributed by atoms with Crippen molar-refractivity contribution in [1.82, 2.24) is 19.4 Å². The molecular formula is C17H16ClFN4O3S2. The van der Waals surface area contributed by atoms with Crippen LogP contribution in [-0.4, -0.2) is 54.0 Å². The molecule has 1 saturated heterocycles. The zero-order valence-corrected chi connectivity index (χ0v) is 17.0. The van der Waals surface area contributed by atoms with Gasteiger partial charge >= 0.3 is 0 Å². The topological polar surface area (TPSA) is 79.5 Å². The van der Waals surface area contributed by atoms with Gasteiger partial charge in [0.05, 0.1) is 10.9 Å². The molecule has 11 heteroatoms. The summed E-state index contributed by atoms with van der Waals surface area (Å²) in [5.41, 5.74) is 0.644. The molecule has 2 aromatic heterocycles. The third-order valence-corrected chi connectivity index (χ3v) is 7.99. The van der Waals surface area contributed by atoms with Crippen LogP contribution in [0.2, 0.25) is 4.34 Å². The summed E-state index contributed by atoms with van der Waals surface area (Å²) in [5.74, 6) is 0.424. The van der Waals surface area contributed by atoms with Crippen LogP contribution in [0.25, 0.3) is 11.5 Å². The lowest BCUT2D eigenvalue weighted by atomic mass is 10.2. The summed E-state index contributed by atoms with van der Waals surface area (Å²) in [7, 11) is -3.51. The molecule has 4 rings (SSSR count). The monoisotopic (exact) mass is 442 g/mol. The molecule has 0 atom stereocenters. The Morgan fingerprint density at radius 2 is 1.79 bits per heavy atom. The third kappa shape index (κ3) is 4.11. The quantitative estimate of drug-likeness (QED) is 0.604. The van der Waals surface area contributed by atoms with Gasteiger partial charge in [0.25, 0.3) is 10.0 Å². The van der Waals surface area contributed by atoms with E-state index in [1.165, 1.54) is 22.5 Å². The van der Waals surface area contributed by atoms with Crippen LogP contribution in [0, 0.1) is 5.82 Å². The first kappa shape index (κ1) is 19.5. The zero-order valence-electron chi connectivity index (χ0n) is 14.6. The van der Waals surface area contributed by atoms with Gasteiger partial charge in [-0.2, -0.15) is 4.31 Å². The Hall–Kier alpha value is -1.85. The minimum absolute atomic E-state index is 0.256. The zero-order chi connectivity index (χ0) is 19.7. The van der Waals surface area contributed by atoms with Crippen LogP contribution in [-0.2, 0) is 16.6 Å². The summed E-state index contributed by atoms with van der Waals surface area (Å²) in [6, 6.07) is 8.94. The fourth-order valence-electron chi connectivity index (χ4n) is 2.91. The molecule has 0 N–H and O–H groups in total. The molecule has 0 bridgehead atoms. The third-order valence-electron chi connectivity index (χ3n) is 4.39. The molecule has 1 fully saturated rings. The van der Waals surface area contributed by atoms with Crippen molar-refractivity contribution < 1.29 is 17.2 Å². The highest BCUT2D eigenvalue weighted by Crippen LogP contribution is 2.28. The first-order chi connectivity index (χ1) is 13.4. The van der Waals surface area contributed by atoms with E-state index in [0.29, 0.717) is 54.4 Å². The van der Waals surface area contributed by atoms with Crippen molar-refractivity contribution in [2.45, 2.75) is 10.8 Å². The predicted molar refractivity (Wildman–Crippen MR) is 103 cm³/mol. The number of benzene rings is 1. The standard InChI is InChI=1S/C17H16ClFN4O3S2/c18-14-5-6-16(27-14)28(24,25)23-9-7-22(8-10-23)11-15-20-21-17(26-15)12-1-3-13(19)4-2-12/h1-6H,7-11H2. The van der Waals surface area contributed by atoms with Crippen molar-refractivity contribution in [1.29, 1.82) is 0 Å². The lowest BCUT2D eigenvalue weighted by Gasteiger charge is -2.32. The Bertz CT molecular complexity index is 1060. The summed E-state index contributed by atoms with van der Waals surface area (Å²) in [4.78, 5) is 2.05. The first-order valence-electron chi connectivity index (χ1n) is 8.48. The van der Waals surface area contributed by atoms with Gasteiger partial charge in [0.2, 0.25) is 11.8 Å². The number of aromatic nitrogens is 2. The smallest absolute Gasteiger partial charge is 0.252 e. The average Bonchev–Trinajstić information content (AvgIpc) is 3.32. The molecule has 0 amide bonds. The number of rotatable bonds is 5. The van der Waals surface area contributed by atoms with Crippen LogP contribution < -0.4 is 0 Å². The molecule has 0 aliphatic carbocycles. The van der Waals surface area contributed by atoms with Gasteiger partial charge < -0.3 is 4.42 Å². The Labute approximate surface area is 170 Å². The number of piperazine rings is 1. The van der Waals surface area contributed by atoms with E-state index in [0.717, 1.165) is 11.3 Å². The number of sulfonamides is 1. The highest BCUT2D eigenvalue weighted by atomic mass is 35.5. The molecule has 148 valence electrons. The second kappa shape index (κ2) is 7.88. The van der Waals surface area contributed by atoms with E-state index in [9.17, 15) is 12.8 Å². The summed E-state index contributed by atoms with van der Waals surface area (Å²) in [5, 5.41) is 8.02. The normalized spacial score (nSPS) is 16.5. The van der Waals surface area contributed by atoms with Crippen LogP contribution >= 0.6 is 22.9 Å². The molecule has 1 aromatic carbocycles. The number of halogens is 2. The number of nitrogens with zero attached hydrogens (tertiary/aromatic N) is 4.